The number of rotatable bonds is 2. The summed E-state index contributed by atoms with van der Waals surface area (Å²) in [6.07, 6.45) is 8.33. The molecule has 3 fully saturated rings. The first-order valence-corrected chi connectivity index (χ1v) is 10.9. The Morgan fingerprint density at radius 2 is 1.73 bits per heavy atom. The molecule has 3 heterocycles. The summed E-state index contributed by atoms with van der Waals surface area (Å²) < 4.78 is 0. The molecule has 0 aromatic carbocycles. The summed E-state index contributed by atoms with van der Waals surface area (Å²) in [5.74, 6) is 1.31. The van der Waals surface area contributed by atoms with E-state index >= 15 is 0 Å². The molecule has 142 valence electrons. The topological polar surface area (TPSA) is 60.9 Å². The van der Waals surface area contributed by atoms with Crippen LogP contribution in [0.1, 0.15) is 72.5 Å². The van der Waals surface area contributed by atoms with Gasteiger partial charge < -0.3 is 14.9 Å². The van der Waals surface area contributed by atoms with Crippen LogP contribution in [-0.4, -0.2) is 52.6 Å². The maximum absolute atomic E-state index is 13.1. The maximum atomic E-state index is 13.1. The quantitative estimate of drug-likeness (QED) is 0.832. The molecule has 0 bridgehead atoms. The summed E-state index contributed by atoms with van der Waals surface area (Å²) in [6, 6.07) is 2.53. The van der Waals surface area contributed by atoms with Crippen LogP contribution in [0.5, 0.6) is 0 Å². The Balaban J connectivity index is 1.42. The zero-order valence-electron chi connectivity index (χ0n) is 15.2. The molecule has 0 radical (unpaired) electrons. The molecule has 4 rings (SSSR count). The van der Waals surface area contributed by atoms with E-state index in [1.807, 2.05) is 5.38 Å². The van der Waals surface area contributed by atoms with Crippen LogP contribution >= 0.6 is 11.3 Å². The molecule has 26 heavy (non-hydrogen) atoms. The van der Waals surface area contributed by atoms with Crippen molar-refractivity contribution in [2.24, 2.45) is 5.92 Å². The van der Waals surface area contributed by atoms with Gasteiger partial charge in [-0.3, -0.25) is 4.79 Å². The number of carbonyl (C=O) groups is 2. The molecule has 1 N–H and O–H groups in total. The summed E-state index contributed by atoms with van der Waals surface area (Å²) in [7, 11) is 0. The minimum absolute atomic E-state index is 0.215. The lowest BCUT2D eigenvalue weighted by Crippen LogP contribution is -2.49. The minimum Gasteiger partial charge on any atom is -0.465 e. The third-order valence-electron chi connectivity index (χ3n) is 6.54. The number of carbonyl (C=O) groups excluding carboxylic acids is 1. The van der Waals surface area contributed by atoms with Gasteiger partial charge in [-0.15, -0.1) is 11.3 Å². The minimum atomic E-state index is -0.822. The molecule has 1 aromatic rings. The summed E-state index contributed by atoms with van der Waals surface area (Å²) in [4.78, 5) is 29.1. The van der Waals surface area contributed by atoms with Gasteiger partial charge in [0, 0.05) is 35.9 Å². The van der Waals surface area contributed by atoms with Gasteiger partial charge in [0.1, 0.15) is 0 Å². The summed E-state index contributed by atoms with van der Waals surface area (Å²) in [5, 5.41) is 11.1. The number of fused-ring (bicyclic) bond motifs is 1. The van der Waals surface area contributed by atoms with Crippen LogP contribution in [-0.2, 0) is 0 Å². The van der Waals surface area contributed by atoms with E-state index in [0.29, 0.717) is 31.0 Å². The van der Waals surface area contributed by atoms with E-state index < -0.39 is 6.09 Å². The highest BCUT2D eigenvalue weighted by Gasteiger charge is 2.36. The van der Waals surface area contributed by atoms with Crippen LogP contribution in [0, 0.1) is 5.92 Å². The van der Waals surface area contributed by atoms with Crippen LogP contribution in [0.4, 0.5) is 4.79 Å². The van der Waals surface area contributed by atoms with Gasteiger partial charge in [0.2, 0.25) is 0 Å². The Bertz CT molecular complexity index is 664. The van der Waals surface area contributed by atoms with E-state index in [4.69, 9.17) is 5.11 Å². The number of hydrogen-bond donors (Lipinski definition) is 1. The van der Waals surface area contributed by atoms with Crippen molar-refractivity contribution in [2.45, 2.75) is 63.3 Å². The fourth-order valence-electron chi connectivity index (χ4n) is 5.08. The van der Waals surface area contributed by atoms with E-state index in [9.17, 15) is 9.59 Å². The number of nitrogens with zero attached hydrogens (tertiary/aromatic N) is 2. The number of hydrogen-bond acceptors (Lipinski definition) is 3. The van der Waals surface area contributed by atoms with Crippen LogP contribution in [0.15, 0.2) is 11.4 Å². The molecule has 1 aromatic heterocycles. The highest BCUT2D eigenvalue weighted by atomic mass is 32.1. The van der Waals surface area contributed by atoms with E-state index in [0.717, 1.165) is 31.4 Å². The van der Waals surface area contributed by atoms with Gasteiger partial charge in [-0.2, -0.15) is 0 Å². The lowest BCUT2D eigenvalue weighted by atomic mass is 9.78. The number of carboxylic acid groups (broad SMARTS) is 1. The normalized spacial score (nSPS) is 27.2. The second-order valence-corrected chi connectivity index (χ2v) is 8.98. The highest BCUT2D eigenvalue weighted by Crippen LogP contribution is 2.37. The average Bonchev–Trinajstić information content (AvgIpc) is 3.17. The fourth-order valence-corrected chi connectivity index (χ4v) is 6.13. The highest BCUT2D eigenvalue weighted by molar-refractivity contribution is 7.10. The van der Waals surface area contributed by atoms with Crippen LogP contribution in [0.25, 0.3) is 0 Å². The number of likely N-dealkylation sites (tertiary alicyclic amines) is 2. The Morgan fingerprint density at radius 1 is 1.00 bits per heavy atom. The van der Waals surface area contributed by atoms with E-state index in [1.54, 1.807) is 11.3 Å². The molecular formula is C20H28N2O3S. The molecule has 2 aliphatic heterocycles. The fraction of sp³-hybridized carbons (Fsp3) is 0.700. The van der Waals surface area contributed by atoms with E-state index in [1.165, 1.54) is 41.9 Å². The molecule has 0 unspecified atom stereocenters. The molecule has 1 aliphatic carbocycles. The first kappa shape index (κ1) is 17.8. The second kappa shape index (κ2) is 7.59. The van der Waals surface area contributed by atoms with E-state index in [-0.39, 0.29) is 5.91 Å². The van der Waals surface area contributed by atoms with Gasteiger partial charge in [-0.25, -0.2) is 4.79 Å². The Kier molecular flexibility index (Phi) is 5.20. The summed E-state index contributed by atoms with van der Waals surface area (Å²) in [6.45, 7) is 2.09. The maximum Gasteiger partial charge on any atom is 0.407 e. The lowest BCUT2D eigenvalue weighted by Gasteiger charge is -2.44. The SMILES string of the molecule is O=C(O)N1CCC(c2cc(C(=O)N3CCC[C@@H]4CCCC[C@@H]43)cs2)CC1. The van der Waals surface area contributed by atoms with Crippen molar-refractivity contribution in [3.63, 3.8) is 0 Å². The van der Waals surface area contributed by atoms with Crippen LogP contribution in [0.3, 0.4) is 0 Å². The molecule has 1 saturated carbocycles. The van der Waals surface area contributed by atoms with Crippen molar-refractivity contribution in [3.8, 4) is 0 Å². The summed E-state index contributed by atoms with van der Waals surface area (Å²) in [5.41, 5.74) is 0.844. The van der Waals surface area contributed by atoms with Gasteiger partial charge in [0.15, 0.2) is 0 Å². The van der Waals surface area contributed by atoms with Gasteiger partial charge >= 0.3 is 6.09 Å². The number of amides is 2. The molecular weight excluding hydrogens is 348 g/mol. The van der Waals surface area contributed by atoms with Gasteiger partial charge in [0.05, 0.1) is 5.56 Å². The Morgan fingerprint density at radius 3 is 2.50 bits per heavy atom. The standard InChI is InChI=1S/C20H28N2O3S/c23-19(22-9-3-5-14-4-1-2-6-17(14)22)16-12-18(26-13-16)15-7-10-21(11-8-15)20(24)25/h12-15,17H,1-11H2,(H,24,25)/t14-,17-/m0/s1. The first-order chi connectivity index (χ1) is 12.6. The van der Waals surface area contributed by atoms with Crippen molar-refractivity contribution in [1.29, 1.82) is 0 Å². The number of thiophene rings is 1. The number of piperidine rings is 2. The molecule has 6 heteroatoms. The van der Waals surface area contributed by atoms with Crippen LogP contribution < -0.4 is 0 Å². The molecule has 3 aliphatic rings. The smallest absolute Gasteiger partial charge is 0.407 e. The monoisotopic (exact) mass is 376 g/mol. The average molecular weight is 377 g/mol. The van der Waals surface area contributed by atoms with Crippen molar-refractivity contribution in [3.05, 3.63) is 21.9 Å². The van der Waals surface area contributed by atoms with Gasteiger partial charge in [0.25, 0.3) is 5.91 Å². The van der Waals surface area contributed by atoms with Crippen molar-refractivity contribution < 1.29 is 14.7 Å². The summed E-state index contributed by atoms with van der Waals surface area (Å²) >= 11 is 1.67. The third kappa shape index (κ3) is 3.48. The zero-order chi connectivity index (χ0) is 18.1. The molecule has 0 spiro atoms. The van der Waals surface area contributed by atoms with Gasteiger partial charge in [-0.05, 0) is 56.4 Å². The molecule has 2 saturated heterocycles. The largest absolute Gasteiger partial charge is 0.465 e. The zero-order valence-corrected chi connectivity index (χ0v) is 16.0. The van der Waals surface area contributed by atoms with Crippen molar-refractivity contribution >= 4 is 23.3 Å². The van der Waals surface area contributed by atoms with Crippen LogP contribution in [0.2, 0.25) is 0 Å². The lowest BCUT2D eigenvalue weighted by molar-refractivity contribution is 0.0391. The van der Waals surface area contributed by atoms with Crippen molar-refractivity contribution in [2.75, 3.05) is 19.6 Å². The molecule has 2 atom stereocenters. The molecule has 2 amide bonds. The molecule has 5 nitrogen and oxygen atoms in total. The van der Waals surface area contributed by atoms with E-state index in [2.05, 4.69) is 11.0 Å². The predicted octanol–water partition coefficient (Wildman–Crippen LogP) is 4.40. The van der Waals surface area contributed by atoms with Crippen molar-refractivity contribution in [1.82, 2.24) is 9.80 Å². The Labute approximate surface area is 159 Å². The first-order valence-electron chi connectivity index (χ1n) is 10.0. The predicted molar refractivity (Wildman–Crippen MR) is 102 cm³/mol. The third-order valence-corrected chi connectivity index (χ3v) is 7.63. The Hall–Kier alpha value is -1.56. The van der Waals surface area contributed by atoms with Gasteiger partial charge in [-0.1, -0.05) is 12.8 Å². The second-order valence-electron chi connectivity index (χ2n) is 8.03.